The third-order valence-corrected chi connectivity index (χ3v) is 13.4. The van der Waals surface area contributed by atoms with Gasteiger partial charge in [0.1, 0.15) is 0 Å². The van der Waals surface area contributed by atoms with Crippen LogP contribution in [-0.4, -0.2) is 0 Å². The van der Waals surface area contributed by atoms with Crippen LogP contribution in [0.2, 0.25) is 0 Å². The Hall–Kier alpha value is -4.06. The van der Waals surface area contributed by atoms with E-state index in [1.807, 2.05) is 45.3 Å². The third kappa shape index (κ3) is 3.26. The molecule has 0 aliphatic rings. The van der Waals surface area contributed by atoms with E-state index in [2.05, 4.69) is 120 Å². The summed E-state index contributed by atoms with van der Waals surface area (Å²) in [6.45, 7) is 0. The van der Waals surface area contributed by atoms with Gasteiger partial charge in [0, 0.05) is 40.7 Å². The molecule has 0 saturated carbocycles. The zero-order valence-electron chi connectivity index (χ0n) is 22.2. The minimum absolute atomic E-state index is 1.33. The lowest BCUT2D eigenvalue weighted by Crippen LogP contribution is -1.81. The highest BCUT2D eigenvalue weighted by molar-refractivity contribution is 7.27. The summed E-state index contributed by atoms with van der Waals surface area (Å²) in [5.74, 6) is 0. The second kappa shape index (κ2) is 8.73. The first-order chi connectivity index (χ1) is 20.8. The summed E-state index contributed by atoms with van der Waals surface area (Å²) < 4.78 is 2.76. The monoisotopic (exact) mass is 604 g/mol. The van der Waals surface area contributed by atoms with Crippen LogP contribution in [0.1, 0.15) is 0 Å². The van der Waals surface area contributed by atoms with Crippen LogP contribution in [0.5, 0.6) is 0 Å². The molecule has 0 aliphatic carbocycles. The summed E-state index contributed by atoms with van der Waals surface area (Å²) in [4.78, 5) is 5.47. The minimum Gasteiger partial charge on any atom is -0.142 e. The quantitative estimate of drug-likeness (QED) is 0.172. The third-order valence-electron chi connectivity index (χ3n) is 8.62. The molecule has 0 atom stereocenters. The van der Waals surface area contributed by atoms with Gasteiger partial charge in [0.05, 0.1) is 9.75 Å². The molecule has 0 aliphatic heterocycles. The predicted molar refractivity (Wildman–Crippen MR) is 191 cm³/mol. The molecule has 0 bridgehead atoms. The number of hydrogen-bond acceptors (Lipinski definition) is 4. The number of hydrogen-bond donors (Lipinski definition) is 0. The maximum absolute atomic E-state index is 2.38. The Morgan fingerprint density at radius 2 is 0.738 bits per heavy atom. The fourth-order valence-corrected chi connectivity index (χ4v) is 11.3. The molecule has 10 aromatic rings. The lowest BCUT2D eigenvalue weighted by Gasteiger charge is -2.09. The maximum atomic E-state index is 2.38. The van der Waals surface area contributed by atoms with Crippen LogP contribution >= 0.6 is 45.3 Å². The SMILES string of the molecule is c1ccc2c(-c3cc4ccc5c6ccc7c(ccc8cc(-c9scc%10ccccc9%10)sc87)c6ccc5c4s3)scc2c1. The Bertz CT molecular complexity index is 2500. The average Bonchev–Trinajstić information content (AvgIpc) is 3.83. The van der Waals surface area contributed by atoms with Crippen LogP contribution in [0.15, 0.2) is 120 Å². The molecular weight excluding hydrogens is 585 g/mol. The van der Waals surface area contributed by atoms with Crippen molar-refractivity contribution >= 4 is 119 Å². The zero-order chi connectivity index (χ0) is 27.4. The van der Waals surface area contributed by atoms with E-state index < -0.39 is 0 Å². The first kappa shape index (κ1) is 23.5. The summed E-state index contributed by atoms with van der Waals surface area (Å²) in [6, 6.07) is 40.9. The van der Waals surface area contributed by atoms with E-state index in [0.29, 0.717) is 0 Å². The van der Waals surface area contributed by atoms with Gasteiger partial charge in [0.25, 0.3) is 0 Å². The maximum Gasteiger partial charge on any atom is 0.0521 e. The molecule has 0 spiro atoms. The minimum atomic E-state index is 1.33. The van der Waals surface area contributed by atoms with Gasteiger partial charge in [-0.25, -0.2) is 0 Å². The summed E-state index contributed by atoms with van der Waals surface area (Å²) in [5, 5.41) is 20.6. The number of rotatable bonds is 2. The molecule has 196 valence electrons. The molecule has 42 heavy (non-hydrogen) atoms. The van der Waals surface area contributed by atoms with E-state index in [0.717, 1.165) is 0 Å². The van der Waals surface area contributed by atoms with Gasteiger partial charge in [-0.3, -0.25) is 0 Å². The van der Waals surface area contributed by atoms with Crippen LogP contribution in [0.25, 0.3) is 93.5 Å². The Labute approximate surface area is 257 Å². The standard InChI is InChI=1S/C38H20S4/c1-3-7-25-23(5-1)19-39-37(25)33-17-21-9-11-29-27-14-16-32-30(28(27)13-15-31(29)35(21)41-33)12-10-22-18-34(42-36(22)32)38-26-8-4-2-6-24(26)20-40-38/h1-20H. The molecule has 6 aromatic carbocycles. The second-order valence-electron chi connectivity index (χ2n) is 10.9. The predicted octanol–water partition coefficient (Wildman–Crippen LogP) is 13.3. The molecule has 4 heteroatoms. The fraction of sp³-hybridized carbons (Fsp3) is 0. The van der Waals surface area contributed by atoms with Crippen molar-refractivity contribution in [2.24, 2.45) is 0 Å². The van der Waals surface area contributed by atoms with Crippen molar-refractivity contribution in [2.45, 2.75) is 0 Å². The van der Waals surface area contributed by atoms with Gasteiger partial charge in [0.2, 0.25) is 0 Å². The first-order valence-electron chi connectivity index (χ1n) is 14.0. The molecule has 4 heterocycles. The van der Waals surface area contributed by atoms with Crippen molar-refractivity contribution in [3.05, 3.63) is 120 Å². The lowest BCUT2D eigenvalue weighted by atomic mass is 9.96. The molecular formula is C38H20S4. The summed E-state index contributed by atoms with van der Waals surface area (Å²) in [5.41, 5.74) is 0. The van der Waals surface area contributed by atoms with Crippen molar-refractivity contribution in [3.63, 3.8) is 0 Å². The average molecular weight is 605 g/mol. The van der Waals surface area contributed by atoms with E-state index in [4.69, 9.17) is 0 Å². The van der Waals surface area contributed by atoms with E-state index in [1.54, 1.807) is 0 Å². The lowest BCUT2D eigenvalue weighted by molar-refractivity contribution is 1.84. The molecule has 10 rings (SSSR count). The van der Waals surface area contributed by atoms with Crippen molar-refractivity contribution < 1.29 is 0 Å². The molecule has 0 unspecified atom stereocenters. The van der Waals surface area contributed by atoms with E-state index in [1.165, 1.54) is 93.5 Å². The molecule has 0 radical (unpaired) electrons. The Balaban J connectivity index is 1.16. The topological polar surface area (TPSA) is 0 Å². The summed E-state index contributed by atoms with van der Waals surface area (Å²) in [7, 11) is 0. The van der Waals surface area contributed by atoms with E-state index >= 15 is 0 Å². The molecule has 0 amide bonds. The smallest absolute Gasteiger partial charge is 0.0521 e. The van der Waals surface area contributed by atoms with Crippen LogP contribution in [0.4, 0.5) is 0 Å². The zero-order valence-corrected chi connectivity index (χ0v) is 25.4. The molecule has 0 fully saturated rings. The number of thiophene rings is 4. The summed E-state index contributed by atoms with van der Waals surface area (Å²) >= 11 is 7.57. The number of fused-ring (bicyclic) bond motifs is 11. The van der Waals surface area contributed by atoms with Crippen LogP contribution in [0, 0.1) is 0 Å². The van der Waals surface area contributed by atoms with Crippen molar-refractivity contribution in [1.29, 1.82) is 0 Å². The highest BCUT2D eigenvalue weighted by atomic mass is 32.1. The van der Waals surface area contributed by atoms with Crippen LogP contribution in [0.3, 0.4) is 0 Å². The van der Waals surface area contributed by atoms with Gasteiger partial charge < -0.3 is 0 Å². The highest BCUT2D eigenvalue weighted by Crippen LogP contribution is 2.46. The van der Waals surface area contributed by atoms with Gasteiger partial charge in [0.15, 0.2) is 0 Å². The summed E-state index contributed by atoms with van der Waals surface area (Å²) in [6.07, 6.45) is 0. The normalized spacial score (nSPS) is 12.3. The van der Waals surface area contributed by atoms with Gasteiger partial charge >= 0.3 is 0 Å². The van der Waals surface area contributed by atoms with Crippen LogP contribution in [-0.2, 0) is 0 Å². The van der Waals surface area contributed by atoms with E-state index in [9.17, 15) is 0 Å². The van der Waals surface area contributed by atoms with Crippen molar-refractivity contribution in [3.8, 4) is 19.5 Å². The number of benzene rings is 6. The van der Waals surface area contributed by atoms with Gasteiger partial charge in [-0.2, -0.15) is 0 Å². The largest absolute Gasteiger partial charge is 0.142 e. The Morgan fingerprint density at radius 3 is 1.24 bits per heavy atom. The fourth-order valence-electron chi connectivity index (χ4n) is 6.62. The van der Waals surface area contributed by atoms with Crippen molar-refractivity contribution in [1.82, 2.24) is 0 Å². The second-order valence-corrected chi connectivity index (χ2v) is 14.8. The van der Waals surface area contributed by atoms with Crippen LogP contribution < -0.4 is 0 Å². The molecule has 0 nitrogen and oxygen atoms in total. The molecule has 4 aromatic heterocycles. The van der Waals surface area contributed by atoms with Gasteiger partial charge in [-0.05, 0) is 66.0 Å². The Morgan fingerprint density at radius 1 is 0.333 bits per heavy atom. The van der Waals surface area contributed by atoms with Gasteiger partial charge in [-0.15, -0.1) is 45.3 Å². The Kier molecular flexibility index (Phi) is 4.88. The molecule has 0 saturated heterocycles. The van der Waals surface area contributed by atoms with Gasteiger partial charge in [-0.1, -0.05) is 97.1 Å². The van der Waals surface area contributed by atoms with E-state index in [-0.39, 0.29) is 0 Å². The highest BCUT2D eigenvalue weighted by Gasteiger charge is 2.16. The first-order valence-corrected chi connectivity index (χ1v) is 17.4. The van der Waals surface area contributed by atoms with Crippen molar-refractivity contribution in [2.75, 3.05) is 0 Å². The molecule has 0 N–H and O–H groups in total.